The average molecular weight is 349 g/mol. The molecule has 6 nitrogen and oxygen atoms in total. The summed E-state index contributed by atoms with van der Waals surface area (Å²) in [6, 6.07) is 0.956. The molecule has 10 heteroatoms. The van der Waals surface area contributed by atoms with Gasteiger partial charge in [-0.05, 0) is 19.4 Å². The molecule has 0 bridgehead atoms. The summed E-state index contributed by atoms with van der Waals surface area (Å²) in [5, 5.41) is 10.4. The fourth-order valence-electron chi connectivity index (χ4n) is 1.82. The number of aromatic nitrogens is 3. The molecule has 0 aliphatic heterocycles. The number of guanidine groups is 1. The lowest BCUT2D eigenvalue weighted by atomic mass is 10.3. The van der Waals surface area contributed by atoms with Crippen molar-refractivity contribution in [3.8, 4) is 0 Å². The predicted octanol–water partition coefficient (Wildman–Crippen LogP) is 2.60. The van der Waals surface area contributed by atoms with Crippen LogP contribution in [0.5, 0.6) is 0 Å². The Morgan fingerprint density at radius 1 is 1.48 bits per heavy atom. The van der Waals surface area contributed by atoms with E-state index in [0.717, 1.165) is 18.7 Å². The van der Waals surface area contributed by atoms with Crippen LogP contribution in [0.2, 0.25) is 5.02 Å². The molecule has 0 spiro atoms. The Bertz CT molecular complexity index is 724. The maximum absolute atomic E-state index is 12.9. The number of aliphatic imine (C=N–C) groups is 1. The first-order chi connectivity index (χ1) is 10.7. The zero-order valence-corrected chi connectivity index (χ0v) is 13.3. The molecule has 2 aromatic rings. The summed E-state index contributed by atoms with van der Waals surface area (Å²) in [7, 11) is 0. The van der Waals surface area contributed by atoms with Crippen LogP contribution in [-0.4, -0.2) is 26.6 Å². The molecule has 126 valence electrons. The van der Waals surface area contributed by atoms with Crippen molar-refractivity contribution in [3.63, 3.8) is 0 Å². The molecule has 0 aromatic carbocycles. The molecule has 2 heterocycles. The summed E-state index contributed by atoms with van der Waals surface area (Å²) in [6.45, 7) is 3.90. The van der Waals surface area contributed by atoms with Crippen LogP contribution in [0.1, 0.15) is 31.7 Å². The Morgan fingerprint density at radius 2 is 2.17 bits per heavy atom. The van der Waals surface area contributed by atoms with Crippen molar-refractivity contribution in [3.05, 3.63) is 28.7 Å². The third kappa shape index (κ3) is 4.04. The maximum atomic E-state index is 12.9. The molecule has 0 amide bonds. The van der Waals surface area contributed by atoms with Gasteiger partial charge in [0.25, 0.3) is 0 Å². The fourth-order valence-corrected chi connectivity index (χ4v) is 2.06. The van der Waals surface area contributed by atoms with Crippen molar-refractivity contribution in [2.75, 3.05) is 0 Å². The summed E-state index contributed by atoms with van der Waals surface area (Å²) in [5.74, 6) is 0.399. The first-order valence-electron chi connectivity index (χ1n) is 6.89. The van der Waals surface area contributed by atoms with Gasteiger partial charge in [-0.3, -0.25) is 4.40 Å². The summed E-state index contributed by atoms with van der Waals surface area (Å²) in [6.07, 6.45) is -2.77. The average Bonchev–Trinajstić information content (AvgIpc) is 2.87. The first kappa shape index (κ1) is 17.3. The highest BCUT2D eigenvalue weighted by Gasteiger charge is 2.32. The number of rotatable bonds is 4. The fraction of sp³-hybridized carbons (Fsp3) is 0.462. The molecule has 0 radical (unpaired) electrons. The molecule has 0 saturated carbocycles. The van der Waals surface area contributed by atoms with Crippen LogP contribution in [0.15, 0.2) is 17.3 Å². The van der Waals surface area contributed by atoms with E-state index in [1.807, 2.05) is 13.8 Å². The van der Waals surface area contributed by atoms with Gasteiger partial charge in [0.1, 0.15) is 6.54 Å². The van der Waals surface area contributed by atoms with E-state index in [1.165, 1.54) is 4.40 Å². The Morgan fingerprint density at radius 3 is 2.78 bits per heavy atom. The minimum absolute atomic E-state index is 0.0198. The largest absolute Gasteiger partial charge is 0.417 e. The molecular formula is C13H16ClF3N6. The lowest BCUT2D eigenvalue weighted by Gasteiger charge is -2.11. The van der Waals surface area contributed by atoms with Gasteiger partial charge in [0.2, 0.25) is 0 Å². The third-order valence-corrected chi connectivity index (χ3v) is 3.53. The van der Waals surface area contributed by atoms with Crippen LogP contribution in [-0.2, 0) is 12.7 Å². The van der Waals surface area contributed by atoms with Crippen LogP contribution in [0.4, 0.5) is 13.2 Å². The number of pyridine rings is 1. The Balaban J connectivity index is 2.31. The quantitative estimate of drug-likeness (QED) is 0.657. The van der Waals surface area contributed by atoms with Crippen LogP contribution in [0.25, 0.3) is 5.65 Å². The van der Waals surface area contributed by atoms with Crippen molar-refractivity contribution >= 4 is 23.2 Å². The second-order valence-electron chi connectivity index (χ2n) is 5.04. The zero-order valence-electron chi connectivity index (χ0n) is 12.5. The molecule has 2 rings (SSSR count). The minimum Gasteiger partial charge on any atom is -0.370 e. The van der Waals surface area contributed by atoms with Crippen LogP contribution >= 0.6 is 11.6 Å². The maximum Gasteiger partial charge on any atom is 0.417 e. The Labute approximate surface area is 135 Å². The van der Waals surface area contributed by atoms with Gasteiger partial charge in [-0.15, -0.1) is 10.2 Å². The summed E-state index contributed by atoms with van der Waals surface area (Å²) >= 11 is 5.84. The van der Waals surface area contributed by atoms with Crippen LogP contribution in [0, 0.1) is 0 Å². The van der Waals surface area contributed by atoms with E-state index in [2.05, 4.69) is 20.5 Å². The molecule has 3 N–H and O–H groups in total. The van der Waals surface area contributed by atoms with Gasteiger partial charge in [0.05, 0.1) is 10.6 Å². The van der Waals surface area contributed by atoms with E-state index < -0.39 is 11.7 Å². The van der Waals surface area contributed by atoms with E-state index >= 15 is 0 Å². The lowest BCUT2D eigenvalue weighted by molar-refractivity contribution is -0.137. The third-order valence-electron chi connectivity index (χ3n) is 3.26. The number of hydrogen-bond donors (Lipinski definition) is 2. The van der Waals surface area contributed by atoms with Gasteiger partial charge in [0, 0.05) is 12.2 Å². The van der Waals surface area contributed by atoms with E-state index in [-0.39, 0.29) is 35.0 Å². The SMILES string of the molecule is CCC(C)NC(N)=NCc1nnc2c(Cl)cc(C(F)(F)F)cn12. The van der Waals surface area contributed by atoms with Crippen molar-refractivity contribution in [1.82, 2.24) is 19.9 Å². The molecule has 1 atom stereocenters. The number of alkyl halides is 3. The van der Waals surface area contributed by atoms with Gasteiger partial charge in [-0.1, -0.05) is 18.5 Å². The predicted molar refractivity (Wildman–Crippen MR) is 81.2 cm³/mol. The smallest absolute Gasteiger partial charge is 0.370 e. The van der Waals surface area contributed by atoms with Crippen LogP contribution < -0.4 is 11.1 Å². The monoisotopic (exact) mass is 348 g/mol. The standard InChI is InChI=1S/C13H16ClF3N6/c1-3-7(2)20-12(18)19-5-10-21-22-11-9(14)4-8(6-23(10)11)13(15,16)17/h4,6-7H,3,5H2,1-2H3,(H3,18,19,20). The summed E-state index contributed by atoms with van der Waals surface area (Å²) in [4.78, 5) is 4.06. The molecule has 0 fully saturated rings. The molecule has 23 heavy (non-hydrogen) atoms. The first-order valence-corrected chi connectivity index (χ1v) is 7.27. The minimum atomic E-state index is -4.51. The summed E-state index contributed by atoms with van der Waals surface area (Å²) in [5.41, 5.74) is 4.97. The van der Waals surface area contributed by atoms with Crippen molar-refractivity contribution in [1.29, 1.82) is 0 Å². The van der Waals surface area contributed by atoms with E-state index in [1.54, 1.807) is 0 Å². The van der Waals surface area contributed by atoms with Crippen molar-refractivity contribution in [2.45, 2.75) is 39.0 Å². The molecule has 1 unspecified atom stereocenters. The number of fused-ring (bicyclic) bond motifs is 1. The van der Waals surface area contributed by atoms with Gasteiger partial charge in [-0.25, -0.2) is 4.99 Å². The van der Waals surface area contributed by atoms with Gasteiger partial charge >= 0.3 is 6.18 Å². The number of hydrogen-bond acceptors (Lipinski definition) is 3. The number of nitrogens with one attached hydrogen (secondary N) is 1. The topological polar surface area (TPSA) is 80.6 Å². The highest BCUT2D eigenvalue weighted by Crippen LogP contribution is 2.32. The second-order valence-corrected chi connectivity index (χ2v) is 5.45. The zero-order chi connectivity index (χ0) is 17.2. The van der Waals surface area contributed by atoms with Gasteiger partial charge in [-0.2, -0.15) is 13.2 Å². The number of nitrogens with two attached hydrogens (primary N) is 1. The molecule has 2 aromatic heterocycles. The second kappa shape index (κ2) is 6.61. The molecule has 0 aliphatic carbocycles. The number of halogens is 4. The van der Waals surface area contributed by atoms with Crippen molar-refractivity contribution in [2.24, 2.45) is 10.7 Å². The molecular weight excluding hydrogens is 333 g/mol. The van der Waals surface area contributed by atoms with E-state index in [0.29, 0.717) is 0 Å². The lowest BCUT2D eigenvalue weighted by Crippen LogP contribution is -2.38. The van der Waals surface area contributed by atoms with Gasteiger partial charge < -0.3 is 11.1 Å². The normalized spacial score (nSPS) is 14.3. The Kier molecular flexibility index (Phi) is 4.98. The highest BCUT2D eigenvalue weighted by molar-refractivity contribution is 6.33. The molecule has 0 saturated heterocycles. The van der Waals surface area contributed by atoms with E-state index in [9.17, 15) is 13.2 Å². The van der Waals surface area contributed by atoms with Crippen molar-refractivity contribution < 1.29 is 13.2 Å². The Hall–Kier alpha value is -2.03. The summed E-state index contributed by atoms with van der Waals surface area (Å²) < 4.78 is 39.8. The highest BCUT2D eigenvalue weighted by atomic mass is 35.5. The van der Waals surface area contributed by atoms with Gasteiger partial charge in [0.15, 0.2) is 17.4 Å². The molecule has 0 aliphatic rings. The van der Waals surface area contributed by atoms with Crippen LogP contribution in [0.3, 0.4) is 0 Å². The van der Waals surface area contributed by atoms with E-state index in [4.69, 9.17) is 17.3 Å². The number of nitrogens with zero attached hydrogens (tertiary/aromatic N) is 4.